The fourth-order valence-corrected chi connectivity index (χ4v) is 1.69. The first-order valence-electron chi connectivity index (χ1n) is 5.48. The second kappa shape index (κ2) is 5.81. The van der Waals surface area contributed by atoms with Crippen molar-refractivity contribution >= 4 is 0 Å². The second-order valence-corrected chi connectivity index (χ2v) is 3.84. The summed E-state index contributed by atoms with van der Waals surface area (Å²) in [5.74, 6) is 0. The van der Waals surface area contributed by atoms with Crippen molar-refractivity contribution in [1.82, 2.24) is 14.9 Å². The molecule has 0 aliphatic heterocycles. The third-order valence-corrected chi connectivity index (χ3v) is 2.55. The van der Waals surface area contributed by atoms with Crippen LogP contribution in [0.2, 0.25) is 0 Å². The van der Waals surface area contributed by atoms with Crippen LogP contribution in [0.1, 0.15) is 33.6 Å². The lowest BCUT2D eigenvalue weighted by Gasteiger charge is -2.21. The van der Waals surface area contributed by atoms with Crippen LogP contribution < -0.4 is 5.32 Å². The van der Waals surface area contributed by atoms with E-state index in [-0.39, 0.29) is 0 Å². The zero-order valence-corrected chi connectivity index (χ0v) is 9.40. The normalized spacial score (nSPS) is 13.4. The van der Waals surface area contributed by atoms with Crippen LogP contribution in [0.3, 0.4) is 0 Å². The lowest BCUT2D eigenvalue weighted by molar-refractivity contribution is 0.391. The maximum absolute atomic E-state index is 4.03. The van der Waals surface area contributed by atoms with Crippen LogP contribution in [0.5, 0.6) is 0 Å². The van der Waals surface area contributed by atoms with Crippen LogP contribution in [0.15, 0.2) is 18.7 Å². The molecule has 0 spiro atoms. The molecule has 3 nitrogen and oxygen atoms in total. The van der Waals surface area contributed by atoms with Gasteiger partial charge in [-0.3, -0.25) is 0 Å². The van der Waals surface area contributed by atoms with Crippen molar-refractivity contribution in [3.05, 3.63) is 18.7 Å². The van der Waals surface area contributed by atoms with Gasteiger partial charge in [0.25, 0.3) is 0 Å². The molecule has 1 atom stereocenters. The van der Waals surface area contributed by atoms with E-state index < -0.39 is 0 Å². The summed E-state index contributed by atoms with van der Waals surface area (Å²) in [6.07, 6.45) is 8.09. The fraction of sp³-hybridized carbons (Fsp3) is 0.727. The molecule has 1 N–H and O–H groups in total. The van der Waals surface area contributed by atoms with Gasteiger partial charge in [-0.25, -0.2) is 4.98 Å². The van der Waals surface area contributed by atoms with Crippen molar-refractivity contribution in [1.29, 1.82) is 0 Å². The van der Waals surface area contributed by atoms with Crippen molar-refractivity contribution in [3.63, 3.8) is 0 Å². The SMILES string of the molecule is CCC(CC)NC(C)Cn1ccnc1. The predicted molar refractivity (Wildman–Crippen MR) is 59.2 cm³/mol. The van der Waals surface area contributed by atoms with Gasteiger partial charge >= 0.3 is 0 Å². The molecule has 0 saturated carbocycles. The Labute approximate surface area is 86.5 Å². The number of rotatable bonds is 6. The molecule has 1 rings (SSSR count). The first-order chi connectivity index (χ1) is 6.76. The average molecular weight is 195 g/mol. The third kappa shape index (κ3) is 3.50. The molecular weight excluding hydrogens is 174 g/mol. The lowest BCUT2D eigenvalue weighted by atomic mass is 10.1. The van der Waals surface area contributed by atoms with Gasteiger partial charge in [-0.2, -0.15) is 0 Å². The highest BCUT2D eigenvalue weighted by molar-refractivity contribution is 4.77. The molecular formula is C11H21N3. The van der Waals surface area contributed by atoms with E-state index in [4.69, 9.17) is 0 Å². The van der Waals surface area contributed by atoms with Crippen LogP contribution in [0, 0.1) is 0 Å². The highest BCUT2D eigenvalue weighted by Gasteiger charge is 2.07. The predicted octanol–water partition coefficient (Wildman–Crippen LogP) is 2.05. The molecule has 0 radical (unpaired) electrons. The number of nitrogens with zero attached hydrogens (tertiary/aromatic N) is 2. The number of hydrogen-bond acceptors (Lipinski definition) is 2. The summed E-state index contributed by atoms with van der Waals surface area (Å²) in [7, 11) is 0. The number of imidazole rings is 1. The molecule has 0 amide bonds. The molecule has 14 heavy (non-hydrogen) atoms. The summed E-state index contributed by atoms with van der Waals surface area (Å²) in [5, 5.41) is 3.61. The highest BCUT2D eigenvalue weighted by atomic mass is 15.1. The van der Waals surface area contributed by atoms with Crippen molar-refractivity contribution in [2.75, 3.05) is 0 Å². The maximum atomic E-state index is 4.03. The van der Waals surface area contributed by atoms with Crippen LogP contribution in [0.25, 0.3) is 0 Å². The highest BCUT2D eigenvalue weighted by Crippen LogP contribution is 2.00. The smallest absolute Gasteiger partial charge is 0.0946 e. The van der Waals surface area contributed by atoms with Crippen molar-refractivity contribution in [2.45, 2.75) is 52.2 Å². The molecule has 0 saturated heterocycles. The lowest BCUT2D eigenvalue weighted by Crippen LogP contribution is -2.38. The summed E-state index contributed by atoms with van der Waals surface area (Å²) in [6.45, 7) is 7.67. The molecule has 0 aliphatic rings. The molecule has 0 aromatic carbocycles. The van der Waals surface area contributed by atoms with E-state index in [0.717, 1.165) is 6.54 Å². The summed E-state index contributed by atoms with van der Waals surface area (Å²) in [5.41, 5.74) is 0. The van der Waals surface area contributed by atoms with Gasteiger partial charge in [-0.15, -0.1) is 0 Å². The van der Waals surface area contributed by atoms with Crippen LogP contribution in [-0.4, -0.2) is 21.6 Å². The third-order valence-electron chi connectivity index (χ3n) is 2.55. The topological polar surface area (TPSA) is 29.9 Å². The Morgan fingerprint density at radius 1 is 1.36 bits per heavy atom. The Hall–Kier alpha value is -0.830. The summed E-state index contributed by atoms with van der Waals surface area (Å²) < 4.78 is 2.11. The van der Waals surface area contributed by atoms with Gasteiger partial charge in [0.15, 0.2) is 0 Å². The molecule has 1 aromatic rings. The van der Waals surface area contributed by atoms with Gasteiger partial charge in [0, 0.05) is 31.0 Å². The van der Waals surface area contributed by atoms with Gasteiger partial charge in [-0.05, 0) is 19.8 Å². The van der Waals surface area contributed by atoms with E-state index in [1.54, 1.807) is 0 Å². The largest absolute Gasteiger partial charge is 0.336 e. The molecule has 1 aromatic heterocycles. The van der Waals surface area contributed by atoms with Crippen LogP contribution in [-0.2, 0) is 6.54 Å². The van der Waals surface area contributed by atoms with Crippen molar-refractivity contribution in [2.24, 2.45) is 0 Å². The monoisotopic (exact) mass is 195 g/mol. The number of nitrogens with one attached hydrogen (secondary N) is 1. The number of aromatic nitrogens is 2. The standard InChI is InChI=1S/C11H21N3/c1-4-11(5-2)13-10(3)8-14-7-6-12-9-14/h6-7,9-11,13H,4-5,8H2,1-3H3. The first-order valence-corrected chi connectivity index (χ1v) is 5.48. The Balaban J connectivity index is 2.31. The van der Waals surface area contributed by atoms with E-state index in [1.165, 1.54) is 12.8 Å². The van der Waals surface area contributed by atoms with Gasteiger partial charge in [0.1, 0.15) is 0 Å². The summed E-state index contributed by atoms with van der Waals surface area (Å²) in [4.78, 5) is 4.03. The molecule has 80 valence electrons. The summed E-state index contributed by atoms with van der Waals surface area (Å²) >= 11 is 0. The van der Waals surface area contributed by atoms with Crippen LogP contribution >= 0.6 is 0 Å². The Bertz CT molecular complexity index is 227. The molecule has 3 heteroatoms. The number of hydrogen-bond donors (Lipinski definition) is 1. The van der Waals surface area contributed by atoms with Gasteiger partial charge < -0.3 is 9.88 Å². The minimum atomic E-state index is 0.508. The Morgan fingerprint density at radius 3 is 2.57 bits per heavy atom. The molecule has 1 heterocycles. The average Bonchev–Trinajstić information content (AvgIpc) is 2.66. The Kier molecular flexibility index (Phi) is 4.66. The van der Waals surface area contributed by atoms with Gasteiger partial charge in [0.2, 0.25) is 0 Å². The quantitative estimate of drug-likeness (QED) is 0.753. The van der Waals surface area contributed by atoms with E-state index in [9.17, 15) is 0 Å². The van der Waals surface area contributed by atoms with E-state index in [1.807, 2.05) is 18.7 Å². The Morgan fingerprint density at radius 2 is 2.07 bits per heavy atom. The maximum Gasteiger partial charge on any atom is 0.0946 e. The molecule has 1 unspecified atom stereocenters. The van der Waals surface area contributed by atoms with Gasteiger partial charge in [-0.1, -0.05) is 13.8 Å². The van der Waals surface area contributed by atoms with Gasteiger partial charge in [0.05, 0.1) is 6.33 Å². The van der Waals surface area contributed by atoms with Crippen molar-refractivity contribution in [3.8, 4) is 0 Å². The molecule has 0 aliphatic carbocycles. The second-order valence-electron chi connectivity index (χ2n) is 3.84. The van der Waals surface area contributed by atoms with E-state index in [2.05, 4.69) is 35.6 Å². The zero-order chi connectivity index (χ0) is 10.4. The van der Waals surface area contributed by atoms with Crippen LogP contribution in [0.4, 0.5) is 0 Å². The van der Waals surface area contributed by atoms with Crippen molar-refractivity contribution < 1.29 is 0 Å². The zero-order valence-electron chi connectivity index (χ0n) is 9.40. The molecule has 0 bridgehead atoms. The molecule has 0 fully saturated rings. The fourth-order valence-electron chi connectivity index (χ4n) is 1.69. The van der Waals surface area contributed by atoms with E-state index in [0.29, 0.717) is 12.1 Å². The minimum absolute atomic E-state index is 0.508. The first kappa shape index (κ1) is 11.2. The minimum Gasteiger partial charge on any atom is -0.336 e. The summed E-state index contributed by atoms with van der Waals surface area (Å²) in [6, 6.07) is 1.16. The van der Waals surface area contributed by atoms with E-state index >= 15 is 0 Å².